The van der Waals surface area contributed by atoms with Crippen molar-refractivity contribution in [3.63, 3.8) is 0 Å². The summed E-state index contributed by atoms with van der Waals surface area (Å²) in [7, 11) is 0. The fraction of sp³-hybridized carbons (Fsp3) is 0.111. The quantitative estimate of drug-likeness (QED) is 0.166. The number of hydrogen-bond acceptors (Lipinski definition) is 1. The lowest BCUT2D eigenvalue weighted by Crippen LogP contribution is -2.18. The minimum atomic E-state index is -0.125. The highest BCUT2D eigenvalue weighted by Gasteiger charge is 2.38. The standard InChI is InChI=1S/C54H43N/c1-53(2)48-21-13-11-19-44(48)46-31-28-41(34-50(46)53)55(42-29-32-47-45-20-12-14-22-49(45)54(3,4)51(47)35-42)52-33-40(27-30-43(52)39-17-9-6-10-18-39)38-25-23-37(24-26-38)36-15-7-5-8-16-36/h5-35H,1-4H3. The zero-order valence-corrected chi connectivity index (χ0v) is 31.8. The van der Waals surface area contributed by atoms with Gasteiger partial charge in [0.1, 0.15) is 0 Å². The van der Waals surface area contributed by atoms with Crippen LogP contribution in [0.15, 0.2) is 188 Å². The molecule has 0 fully saturated rings. The van der Waals surface area contributed by atoms with E-state index in [0.717, 1.165) is 17.1 Å². The van der Waals surface area contributed by atoms with E-state index in [4.69, 9.17) is 0 Å². The highest BCUT2D eigenvalue weighted by molar-refractivity contribution is 5.94. The predicted molar refractivity (Wildman–Crippen MR) is 233 cm³/mol. The van der Waals surface area contributed by atoms with Gasteiger partial charge in [0.15, 0.2) is 0 Å². The first-order chi connectivity index (χ1) is 26.8. The van der Waals surface area contributed by atoms with Crippen LogP contribution in [0.3, 0.4) is 0 Å². The third-order valence-electron chi connectivity index (χ3n) is 12.3. The van der Waals surface area contributed by atoms with E-state index in [1.54, 1.807) is 0 Å². The second kappa shape index (κ2) is 12.6. The van der Waals surface area contributed by atoms with Crippen LogP contribution in [-0.2, 0) is 10.8 Å². The zero-order chi connectivity index (χ0) is 37.3. The molecule has 264 valence electrons. The molecule has 0 aromatic heterocycles. The van der Waals surface area contributed by atoms with Gasteiger partial charge >= 0.3 is 0 Å². The van der Waals surface area contributed by atoms with Gasteiger partial charge in [0, 0.05) is 27.8 Å². The second-order valence-corrected chi connectivity index (χ2v) is 16.2. The topological polar surface area (TPSA) is 3.24 Å². The minimum Gasteiger partial charge on any atom is -0.310 e. The Bertz CT molecular complexity index is 2630. The highest BCUT2D eigenvalue weighted by Crippen LogP contribution is 2.54. The summed E-state index contributed by atoms with van der Waals surface area (Å²) in [6.45, 7) is 9.48. The van der Waals surface area contributed by atoms with Crippen LogP contribution in [0.2, 0.25) is 0 Å². The van der Waals surface area contributed by atoms with E-state index >= 15 is 0 Å². The van der Waals surface area contributed by atoms with E-state index in [-0.39, 0.29) is 10.8 Å². The Hall–Kier alpha value is -6.44. The van der Waals surface area contributed by atoms with Crippen molar-refractivity contribution < 1.29 is 0 Å². The van der Waals surface area contributed by atoms with Crippen LogP contribution in [0.1, 0.15) is 49.9 Å². The summed E-state index contributed by atoms with van der Waals surface area (Å²) in [5.41, 5.74) is 21.2. The largest absolute Gasteiger partial charge is 0.310 e. The number of hydrogen-bond donors (Lipinski definition) is 0. The van der Waals surface area contributed by atoms with E-state index in [2.05, 4.69) is 221 Å². The lowest BCUT2D eigenvalue weighted by molar-refractivity contribution is 0.660. The molecule has 55 heavy (non-hydrogen) atoms. The van der Waals surface area contributed by atoms with Crippen LogP contribution in [0.4, 0.5) is 17.1 Å². The van der Waals surface area contributed by atoms with Gasteiger partial charge in [-0.2, -0.15) is 0 Å². The lowest BCUT2D eigenvalue weighted by atomic mass is 9.82. The van der Waals surface area contributed by atoms with Crippen molar-refractivity contribution in [2.45, 2.75) is 38.5 Å². The van der Waals surface area contributed by atoms with E-state index in [0.29, 0.717) is 0 Å². The van der Waals surface area contributed by atoms with Crippen molar-refractivity contribution in [1.82, 2.24) is 0 Å². The number of rotatable bonds is 6. The molecule has 0 saturated carbocycles. The first-order valence-electron chi connectivity index (χ1n) is 19.4. The Morgan fingerprint density at radius 1 is 0.291 bits per heavy atom. The van der Waals surface area contributed by atoms with Crippen LogP contribution < -0.4 is 4.90 Å². The molecule has 0 amide bonds. The van der Waals surface area contributed by atoms with E-state index in [1.165, 1.54) is 77.9 Å². The van der Waals surface area contributed by atoms with Gasteiger partial charge in [-0.1, -0.05) is 185 Å². The number of anilines is 3. The van der Waals surface area contributed by atoms with Gasteiger partial charge in [0.25, 0.3) is 0 Å². The molecule has 0 atom stereocenters. The molecule has 0 radical (unpaired) electrons. The molecule has 1 nitrogen and oxygen atoms in total. The van der Waals surface area contributed by atoms with E-state index < -0.39 is 0 Å². The molecule has 0 aliphatic heterocycles. The van der Waals surface area contributed by atoms with Crippen molar-refractivity contribution in [1.29, 1.82) is 0 Å². The van der Waals surface area contributed by atoms with Gasteiger partial charge in [0.05, 0.1) is 5.69 Å². The molecule has 1 heteroatoms. The molecule has 8 aromatic rings. The lowest BCUT2D eigenvalue weighted by Gasteiger charge is -2.31. The summed E-state index contributed by atoms with van der Waals surface area (Å²) in [5.74, 6) is 0. The van der Waals surface area contributed by atoms with Crippen molar-refractivity contribution in [2.24, 2.45) is 0 Å². The third kappa shape index (κ3) is 5.29. The summed E-state index contributed by atoms with van der Waals surface area (Å²) < 4.78 is 0. The maximum Gasteiger partial charge on any atom is 0.0546 e. The third-order valence-corrected chi connectivity index (χ3v) is 12.3. The summed E-state index contributed by atoms with van der Waals surface area (Å²) >= 11 is 0. The van der Waals surface area contributed by atoms with Crippen molar-refractivity contribution in [2.75, 3.05) is 4.90 Å². The molecule has 0 heterocycles. The fourth-order valence-electron chi connectivity index (χ4n) is 9.33. The van der Waals surface area contributed by atoms with Crippen LogP contribution in [0.5, 0.6) is 0 Å². The number of nitrogens with zero attached hydrogens (tertiary/aromatic N) is 1. The van der Waals surface area contributed by atoms with Gasteiger partial charge in [-0.3, -0.25) is 0 Å². The molecule has 0 N–H and O–H groups in total. The molecule has 2 aliphatic rings. The maximum atomic E-state index is 2.52. The molecule has 0 unspecified atom stereocenters. The maximum absolute atomic E-state index is 2.52. The average molecular weight is 706 g/mol. The monoisotopic (exact) mass is 705 g/mol. The van der Waals surface area contributed by atoms with Crippen molar-refractivity contribution in [3.8, 4) is 55.6 Å². The van der Waals surface area contributed by atoms with Crippen LogP contribution >= 0.6 is 0 Å². The van der Waals surface area contributed by atoms with Gasteiger partial charge in [-0.25, -0.2) is 0 Å². The smallest absolute Gasteiger partial charge is 0.0546 e. The molecule has 0 bridgehead atoms. The molecule has 10 rings (SSSR count). The Kier molecular flexibility index (Phi) is 7.58. The van der Waals surface area contributed by atoms with Crippen LogP contribution in [-0.4, -0.2) is 0 Å². The Morgan fingerprint density at radius 3 is 1.20 bits per heavy atom. The zero-order valence-electron chi connectivity index (χ0n) is 31.8. The van der Waals surface area contributed by atoms with Gasteiger partial charge in [-0.05, 0) is 103 Å². The van der Waals surface area contributed by atoms with Gasteiger partial charge < -0.3 is 4.90 Å². The molecular formula is C54H43N. The van der Waals surface area contributed by atoms with Crippen LogP contribution in [0.25, 0.3) is 55.6 Å². The van der Waals surface area contributed by atoms with Gasteiger partial charge in [-0.15, -0.1) is 0 Å². The molecule has 2 aliphatic carbocycles. The summed E-state index contributed by atoms with van der Waals surface area (Å²) in [6, 6.07) is 69.6. The summed E-state index contributed by atoms with van der Waals surface area (Å²) in [5, 5.41) is 0. The van der Waals surface area contributed by atoms with E-state index in [9.17, 15) is 0 Å². The molecule has 0 saturated heterocycles. The molecular weight excluding hydrogens is 663 g/mol. The SMILES string of the molecule is CC1(C)c2ccccc2-c2ccc(N(c3ccc4c(c3)C(C)(C)c3ccccc3-4)c3cc(-c4ccc(-c5ccccc5)cc4)ccc3-c3ccccc3)cc21. The van der Waals surface area contributed by atoms with Crippen molar-refractivity contribution in [3.05, 3.63) is 210 Å². The number of benzene rings is 8. The Labute approximate surface area is 325 Å². The Morgan fingerprint density at radius 2 is 0.673 bits per heavy atom. The highest BCUT2D eigenvalue weighted by atomic mass is 15.1. The molecule has 8 aromatic carbocycles. The second-order valence-electron chi connectivity index (χ2n) is 16.2. The minimum absolute atomic E-state index is 0.125. The molecule has 0 spiro atoms. The summed E-state index contributed by atoms with van der Waals surface area (Å²) in [4.78, 5) is 2.52. The van der Waals surface area contributed by atoms with Crippen LogP contribution in [0, 0.1) is 0 Å². The normalized spacial score (nSPS) is 14.1. The van der Waals surface area contributed by atoms with Gasteiger partial charge in [0.2, 0.25) is 0 Å². The predicted octanol–water partition coefficient (Wildman–Crippen LogP) is 14.8. The number of fused-ring (bicyclic) bond motifs is 6. The fourth-order valence-corrected chi connectivity index (χ4v) is 9.33. The first-order valence-corrected chi connectivity index (χ1v) is 19.4. The average Bonchev–Trinajstić information content (AvgIpc) is 3.61. The first kappa shape index (κ1) is 33.2. The van der Waals surface area contributed by atoms with Crippen molar-refractivity contribution >= 4 is 17.1 Å². The summed E-state index contributed by atoms with van der Waals surface area (Å²) in [6.07, 6.45) is 0. The Balaban J connectivity index is 1.20. The van der Waals surface area contributed by atoms with E-state index in [1.807, 2.05) is 0 Å².